The summed E-state index contributed by atoms with van der Waals surface area (Å²) < 4.78 is 5.08. The molecule has 4 aliphatic rings. The summed E-state index contributed by atoms with van der Waals surface area (Å²) in [6.07, 6.45) is 8.15. The summed E-state index contributed by atoms with van der Waals surface area (Å²) in [5.74, 6) is 2.89. The van der Waals surface area contributed by atoms with Crippen LogP contribution in [-0.4, -0.2) is 11.1 Å². The third-order valence-electron chi connectivity index (χ3n) is 7.28. The zero-order valence-electron chi connectivity index (χ0n) is 16.3. The van der Waals surface area contributed by atoms with E-state index in [2.05, 4.69) is 41.7 Å². The minimum absolute atomic E-state index is 0.0873. The summed E-state index contributed by atoms with van der Waals surface area (Å²) in [6, 6.07) is 11.0. The van der Waals surface area contributed by atoms with Gasteiger partial charge in [-0.3, -0.25) is 4.79 Å². The smallest absolute Gasteiger partial charge is 0.226 e. The average Bonchev–Trinajstić information content (AvgIpc) is 2.98. The van der Waals surface area contributed by atoms with Gasteiger partial charge in [0.15, 0.2) is 5.82 Å². The van der Waals surface area contributed by atoms with Crippen LogP contribution in [0.2, 0.25) is 0 Å². The van der Waals surface area contributed by atoms with Crippen LogP contribution in [0.5, 0.6) is 0 Å². The minimum Gasteiger partial charge on any atom is -0.360 e. The number of anilines is 1. The second-order valence-electron chi connectivity index (χ2n) is 9.66. The van der Waals surface area contributed by atoms with Gasteiger partial charge in [-0.25, -0.2) is 0 Å². The van der Waals surface area contributed by atoms with E-state index in [0.29, 0.717) is 12.2 Å². The van der Waals surface area contributed by atoms with Crippen molar-refractivity contribution >= 4 is 11.7 Å². The SMILES string of the molecule is Cc1ccc(C23CC4CC(CC(CC(=O)Nc5cc(C)on5)(C4)C2)C3)cc1. The van der Waals surface area contributed by atoms with E-state index in [1.165, 1.54) is 43.2 Å². The average molecular weight is 364 g/mol. The molecule has 4 saturated carbocycles. The Kier molecular flexibility index (Phi) is 3.75. The Morgan fingerprint density at radius 1 is 1.15 bits per heavy atom. The summed E-state index contributed by atoms with van der Waals surface area (Å²) >= 11 is 0. The van der Waals surface area contributed by atoms with Crippen molar-refractivity contribution in [3.63, 3.8) is 0 Å². The van der Waals surface area contributed by atoms with Gasteiger partial charge in [-0.05, 0) is 80.6 Å². The normalized spacial score (nSPS) is 34.0. The standard InChI is InChI=1S/C23H28N2O2/c1-15-3-5-19(6-4-15)23-11-17-8-18(12-23)10-22(9-17,14-23)13-21(26)24-20-7-16(2)27-25-20/h3-7,17-18H,8-14H2,1-2H3,(H,24,25,26). The molecule has 142 valence electrons. The van der Waals surface area contributed by atoms with Gasteiger partial charge < -0.3 is 9.84 Å². The number of nitrogens with one attached hydrogen (secondary N) is 1. The Hall–Kier alpha value is -2.10. The number of carbonyl (C=O) groups is 1. The number of nitrogens with zero attached hydrogens (tertiary/aromatic N) is 1. The van der Waals surface area contributed by atoms with Gasteiger partial charge in [0, 0.05) is 12.5 Å². The van der Waals surface area contributed by atoms with Gasteiger partial charge in [0.1, 0.15) is 5.76 Å². The lowest BCUT2D eigenvalue weighted by atomic mass is 9.42. The Morgan fingerprint density at radius 3 is 2.48 bits per heavy atom. The van der Waals surface area contributed by atoms with Crippen molar-refractivity contribution in [2.45, 2.75) is 64.2 Å². The summed E-state index contributed by atoms with van der Waals surface area (Å²) in [4.78, 5) is 12.8. The van der Waals surface area contributed by atoms with E-state index in [9.17, 15) is 4.79 Å². The molecule has 0 spiro atoms. The highest BCUT2D eigenvalue weighted by molar-refractivity contribution is 5.90. The maximum Gasteiger partial charge on any atom is 0.226 e. The molecule has 4 aliphatic carbocycles. The number of hydrogen-bond acceptors (Lipinski definition) is 3. The Balaban J connectivity index is 1.39. The van der Waals surface area contributed by atoms with Gasteiger partial charge >= 0.3 is 0 Å². The molecule has 1 heterocycles. The fourth-order valence-electron chi connectivity index (χ4n) is 6.86. The lowest BCUT2D eigenvalue weighted by molar-refractivity contribution is -0.126. The van der Waals surface area contributed by atoms with Crippen molar-refractivity contribution in [1.29, 1.82) is 0 Å². The van der Waals surface area contributed by atoms with Crippen LogP contribution in [-0.2, 0) is 10.2 Å². The van der Waals surface area contributed by atoms with Crippen LogP contribution in [0.15, 0.2) is 34.9 Å². The lowest BCUT2D eigenvalue weighted by Crippen LogP contribution is -2.54. The van der Waals surface area contributed by atoms with Crippen molar-refractivity contribution in [1.82, 2.24) is 5.16 Å². The summed E-state index contributed by atoms with van der Waals surface area (Å²) in [6.45, 7) is 3.99. The van der Waals surface area contributed by atoms with Crippen molar-refractivity contribution < 1.29 is 9.32 Å². The van der Waals surface area contributed by atoms with Crippen molar-refractivity contribution in [2.75, 3.05) is 5.32 Å². The number of aromatic nitrogens is 1. The quantitative estimate of drug-likeness (QED) is 0.815. The van der Waals surface area contributed by atoms with Crippen molar-refractivity contribution in [2.24, 2.45) is 17.3 Å². The van der Waals surface area contributed by atoms with Gasteiger partial charge in [0.05, 0.1) is 0 Å². The zero-order valence-corrected chi connectivity index (χ0v) is 16.3. The number of amides is 1. The van der Waals surface area contributed by atoms with E-state index in [1.54, 1.807) is 6.07 Å². The third kappa shape index (κ3) is 2.99. The molecule has 4 fully saturated rings. The molecule has 0 saturated heterocycles. The highest BCUT2D eigenvalue weighted by Crippen LogP contribution is 2.66. The molecule has 2 atom stereocenters. The molecule has 0 aliphatic heterocycles. The first kappa shape index (κ1) is 17.0. The van der Waals surface area contributed by atoms with Crippen LogP contribution in [0.1, 0.15) is 61.8 Å². The van der Waals surface area contributed by atoms with E-state index in [1.807, 2.05) is 6.92 Å². The second kappa shape index (κ2) is 5.95. The zero-order chi connectivity index (χ0) is 18.6. The molecule has 4 nitrogen and oxygen atoms in total. The molecule has 0 radical (unpaired) electrons. The number of carbonyl (C=O) groups excluding carboxylic acids is 1. The molecular formula is C23H28N2O2. The highest BCUT2D eigenvalue weighted by atomic mass is 16.5. The molecular weight excluding hydrogens is 336 g/mol. The molecule has 27 heavy (non-hydrogen) atoms. The molecule has 2 aromatic rings. The molecule has 1 N–H and O–H groups in total. The Bertz CT molecular complexity index is 853. The molecule has 1 aromatic carbocycles. The number of aryl methyl sites for hydroxylation is 2. The van der Waals surface area contributed by atoms with Crippen molar-refractivity contribution in [3.05, 3.63) is 47.2 Å². The van der Waals surface area contributed by atoms with Gasteiger partial charge in [0.25, 0.3) is 0 Å². The third-order valence-corrected chi connectivity index (χ3v) is 7.28. The Morgan fingerprint density at radius 2 is 1.85 bits per heavy atom. The predicted octanol–water partition coefficient (Wildman–Crippen LogP) is 5.16. The van der Waals surface area contributed by atoms with E-state index >= 15 is 0 Å². The number of benzene rings is 1. The fourth-order valence-corrected chi connectivity index (χ4v) is 6.86. The first-order valence-electron chi connectivity index (χ1n) is 10.2. The van der Waals surface area contributed by atoms with Crippen LogP contribution >= 0.6 is 0 Å². The molecule has 6 rings (SSSR count). The lowest BCUT2D eigenvalue weighted by Gasteiger charge is -2.62. The van der Waals surface area contributed by atoms with E-state index in [-0.39, 0.29) is 16.7 Å². The van der Waals surface area contributed by atoms with E-state index in [0.717, 1.165) is 24.0 Å². The first-order valence-corrected chi connectivity index (χ1v) is 10.2. The molecule has 2 unspecified atom stereocenters. The number of rotatable bonds is 4. The molecule has 4 heteroatoms. The molecule has 4 bridgehead atoms. The van der Waals surface area contributed by atoms with Crippen LogP contribution < -0.4 is 5.32 Å². The van der Waals surface area contributed by atoms with Crippen LogP contribution in [0.3, 0.4) is 0 Å². The second-order valence-corrected chi connectivity index (χ2v) is 9.66. The topological polar surface area (TPSA) is 55.1 Å². The molecule has 1 aromatic heterocycles. The van der Waals surface area contributed by atoms with Crippen LogP contribution in [0, 0.1) is 31.1 Å². The summed E-state index contributed by atoms with van der Waals surface area (Å²) in [5.41, 5.74) is 3.25. The van der Waals surface area contributed by atoms with Gasteiger partial charge in [-0.2, -0.15) is 0 Å². The van der Waals surface area contributed by atoms with Gasteiger partial charge in [0.2, 0.25) is 5.91 Å². The number of hydrogen-bond donors (Lipinski definition) is 1. The highest BCUT2D eigenvalue weighted by Gasteiger charge is 2.58. The first-order chi connectivity index (χ1) is 12.9. The maximum atomic E-state index is 12.8. The van der Waals surface area contributed by atoms with E-state index in [4.69, 9.17) is 4.52 Å². The van der Waals surface area contributed by atoms with E-state index < -0.39 is 0 Å². The predicted molar refractivity (Wildman–Crippen MR) is 104 cm³/mol. The molecule has 1 amide bonds. The monoisotopic (exact) mass is 364 g/mol. The van der Waals surface area contributed by atoms with Gasteiger partial charge in [-0.15, -0.1) is 0 Å². The van der Waals surface area contributed by atoms with Crippen molar-refractivity contribution in [3.8, 4) is 0 Å². The largest absolute Gasteiger partial charge is 0.360 e. The summed E-state index contributed by atoms with van der Waals surface area (Å²) in [7, 11) is 0. The van der Waals surface area contributed by atoms with Crippen LogP contribution in [0.25, 0.3) is 0 Å². The minimum atomic E-state index is 0.0873. The fraction of sp³-hybridized carbons (Fsp3) is 0.565. The maximum absolute atomic E-state index is 12.8. The summed E-state index contributed by atoms with van der Waals surface area (Å²) in [5, 5.41) is 6.87. The van der Waals surface area contributed by atoms with Crippen LogP contribution in [0.4, 0.5) is 5.82 Å². The Labute approximate surface area is 160 Å². The van der Waals surface area contributed by atoms with Gasteiger partial charge in [-0.1, -0.05) is 35.0 Å².